The Hall–Kier alpha value is 0.230. The van der Waals surface area contributed by atoms with Gasteiger partial charge in [-0.2, -0.15) is 11.8 Å². The summed E-state index contributed by atoms with van der Waals surface area (Å²) in [6, 6.07) is 0. The highest BCUT2D eigenvalue weighted by Crippen LogP contribution is 2.38. The van der Waals surface area contributed by atoms with Crippen LogP contribution < -0.4 is 5.73 Å². The maximum Gasteiger partial charge on any atom is 0.0433 e. The fourth-order valence-corrected chi connectivity index (χ4v) is 4.73. The van der Waals surface area contributed by atoms with Crippen LogP contribution in [-0.2, 0) is 0 Å². The number of nitrogens with zero attached hydrogens (tertiary/aromatic N) is 2. The van der Waals surface area contributed by atoms with Crippen molar-refractivity contribution in [3.8, 4) is 0 Å². The van der Waals surface area contributed by atoms with Crippen LogP contribution in [-0.4, -0.2) is 64.6 Å². The lowest BCUT2D eigenvalue weighted by atomic mass is 9.92. The number of thioether (sulfide) groups is 1. The largest absolute Gasteiger partial charge is 0.329 e. The molecule has 4 heteroatoms. The number of rotatable bonds is 2. The third-order valence-corrected chi connectivity index (χ3v) is 6.02. The van der Waals surface area contributed by atoms with Crippen LogP contribution in [0.4, 0.5) is 0 Å². The van der Waals surface area contributed by atoms with Crippen LogP contribution >= 0.6 is 11.8 Å². The molecule has 0 spiro atoms. The molecule has 0 aromatic carbocycles. The van der Waals surface area contributed by atoms with Gasteiger partial charge in [0, 0.05) is 54.8 Å². The lowest BCUT2D eigenvalue weighted by molar-refractivity contribution is 0.0124. The minimum atomic E-state index is 0.286. The predicted octanol–water partition coefficient (Wildman–Crippen LogP) is 1.63. The Morgan fingerprint density at radius 3 is 2.22 bits per heavy atom. The molecule has 0 saturated carbocycles. The van der Waals surface area contributed by atoms with Crippen LogP contribution in [0.3, 0.4) is 0 Å². The van der Waals surface area contributed by atoms with Gasteiger partial charge in [0.15, 0.2) is 0 Å². The lowest BCUT2D eigenvalue weighted by Gasteiger charge is -2.48. The Morgan fingerprint density at radius 2 is 1.83 bits per heavy atom. The molecule has 2 aliphatic rings. The van der Waals surface area contributed by atoms with Crippen molar-refractivity contribution < 1.29 is 0 Å². The molecule has 2 aliphatic heterocycles. The number of piperazine rings is 1. The first kappa shape index (κ1) is 14.6. The molecule has 3 nitrogen and oxygen atoms in total. The van der Waals surface area contributed by atoms with Gasteiger partial charge in [-0.05, 0) is 27.2 Å². The average molecular weight is 271 g/mol. The van der Waals surface area contributed by atoms with E-state index in [0.29, 0.717) is 5.54 Å². The van der Waals surface area contributed by atoms with Crippen LogP contribution in [0.15, 0.2) is 0 Å². The molecule has 2 fully saturated rings. The maximum atomic E-state index is 6.11. The number of hydrogen-bond donors (Lipinski definition) is 1. The first-order valence-electron chi connectivity index (χ1n) is 7.19. The quantitative estimate of drug-likeness (QED) is 0.827. The molecular formula is C14H29N3S. The molecule has 0 bridgehead atoms. The zero-order valence-electron chi connectivity index (χ0n) is 12.4. The van der Waals surface area contributed by atoms with E-state index >= 15 is 0 Å². The molecule has 2 rings (SSSR count). The van der Waals surface area contributed by atoms with E-state index < -0.39 is 0 Å². The standard InChI is InChI=1S/C14H29N3S/c1-12-9-14(10-15,11-18-12)17-7-5-16(6-8-17)13(2,3)4/h12H,5-11,15H2,1-4H3. The van der Waals surface area contributed by atoms with E-state index in [1.54, 1.807) is 0 Å². The third-order valence-electron chi connectivity index (χ3n) is 4.58. The fourth-order valence-electron chi connectivity index (χ4n) is 3.29. The summed E-state index contributed by atoms with van der Waals surface area (Å²) in [6.07, 6.45) is 1.27. The summed E-state index contributed by atoms with van der Waals surface area (Å²) in [6.45, 7) is 14.8. The zero-order valence-corrected chi connectivity index (χ0v) is 13.2. The highest BCUT2D eigenvalue weighted by Gasteiger charge is 2.43. The fraction of sp³-hybridized carbons (Fsp3) is 1.00. The van der Waals surface area contributed by atoms with Crippen molar-refractivity contribution in [2.24, 2.45) is 5.73 Å². The van der Waals surface area contributed by atoms with E-state index in [-0.39, 0.29) is 5.54 Å². The topological polar surface area (TPSA) is 32.5 Å². The summed E-state index contributed by atoms with van der Waals surface area (Å²) in [5.74, 6) is 1.22. The third kappa shape index (κ3) is 2.87. The van der Waals surface area contributed by atoms with Gasteiger partial charge in [-0.15, -0.1) is 0 Å². The predicted molar refractivity (Wildman–Crippen MR) is 81.2 cm³/mol. The molecule has 2 saturated heterocycles. The van der Waals surface area contributed by atoms with Crippen molar-refractivity contribution in [1.29, 1.82) is 0 Å². The van der Waals surface area contributed by atoms with Crippen LogP contribution in [0.2, 0.25) is 0 Å². The molecule has 2 heterocycles. The second kappa shape index (κ2) is 5.31. The summed E-state index contributed by atoms with van der Waals surface area (Å²) >= 11 is 2.09. The van der Waals surface area contributed by atoms with Gasteiger partial charge in [-0.1, -0.05) is 6.92 Å². The van der Waals surface area contributed by atoms with E-state index in [2.05, 4.69) is 49.3 Å². The van der Waals surface area contributed by atoms with Crippen molar-refractivity contribution in [1.82, 2.24) is 9.80 Å². The van der Waals surface area contributed by atoms with Gasteiger partial charge in [0.1, 0.15) is 0 Å². The normalized spacial score (nSPS) is 36.2. The van der Waals surface area contributed by atoms with Gasteiger partial charge < -0.3 is 5.73 Å². The smallest absolute Gasteiger partial charge is 0.0433 e. The summed E-state index contributed by atoms with van der Waals surface area (Å²) in [5, 5.41) is 0.772. The molecule has 0 aromatic rings. The molecule has 2 atom stereocenters. The first-order chi connectivity index (χ1) is 8.37. The average Bonchev–Trinajstić information content (AvgIpc) is 2.71. The van der Waals surface area contributed by atoms with E-state index in [9.17, 15) is 0 Å². The second-order valence-corrected chi connectivity index (χ2v) is 8.33. The summed E-state index contributed by atoms with van der Waals surface area (Å²) in [5.41, 5.74) is 6.70. The number of nitrogens with two attached hydrogens (primary N) is 1. The van der Waals surface area contributed by atoms with Gasteiger partial charge in [0.2, 0.25) is 0 Å². The first-order valence-corrected chi connectivity index (χ1v) is 8.24. The van der Waals surface area contributed by atoms with Gasteiger partial charge in [0.05, 0.1) is 0 Å². The van der Waals surface area contributed by atoms with Crippen molar-refractivity contribution in [2.45, 2.75) is 50.4 Å². The second-order valence-electron chi connectivity index (χ2n) is 6.90. The molecule has 2 N–H and O–H groups in total. The minimum absolute atomic E-state index is 0.286. The van der Waals surface area contributed by atoms with Gasteiger partial charge in [0.25, 0.3) is 0 Å². The molecule has 2 unspecified atom stereocenters. The van der Waals surface area contributed by atoms with Crippen molar-refractivity contribution >= 4 is 11.8 Å². The van der Waals surface area contributed by atoms with Crippen LogP contribution in [0, 0.1) is 0 Å². The van der Waals surface area contributed by atoms with Crippen LogP contribution in [0.25, 0.3) is 0 Å². The summed E-state index contributed by atoms with van der Waals surface area (Å²) < 4.78 is 0. The molecule has 0 aliphatic carbocycles. The SMILES string of the molecule is CC1CC(CN)(N2CCN(C(C)(C)C)CC2)CS1. The molecule has 0 radical (unpaired) electrons. The highest BCUT2D eigenvalue weighted by atomic mass is 32.2. The molecule has 18 heavy (non-hydrogen) atoms. The number of hydrogen-bond acceptors (Lipinski definition) is 4. The Bertz CT molecular complexity index is 281. The van der Waals surface area contributed by atoms with Crippen molar-refractivity contribution in [2.75, 3.05) is 38.5 Å². The van der Waals surface area contributed by atoms with Crippen LogP contribution in [0.1, 0.15) is 34.1 Å². The maximum absolute atomic E-state index is 6.11. The lowest BCUT2D eigenvalue weighted by Crippen LogP contribution is -2.62. The Morgan fingerprint density at radius 1 is 1.22 bits per heavy atom. The Balaban J connectivity index is 1.96. The molecule has 106 valence electrons. The van der Waals surface area contributed by atoms with Crippen molar-refractivity contribution in [3.63, 3.8) is 0 Å². The molecule has 0 amide bonds. The van der Waals surface area contributed by atoms with Crippen molar-refractivity contribution in [3.05, 3.63) is 0 Å². The Labute approximate surface area is 116 Å². The zero-order chi connectivity index (χ0) is 13.4. The minimum Gasteiger partial charge on any atom is -0.329 e. The van der Waals surface area contributed by atoms with E-state index in [1.807, 2.05) is 0 Å². The van der Waals surface area contributed by atoms with Crippen LogP contribution in [0.5, 0.6) is 0 Å². The van der Waals surface area contributed by atoms with Gasteiger partial charge in [-0.3, -0.25) is 9.80 Å². The van der Waals surface area contributed by atoms with E-state index in [1.165, 1.54) is 38.4 Å². The highest BCUT2D eigenvalue weighted by molar-refractivity contribution is 8.00. The van der Waals surface area contributed by atoms with Gasteiger partial charge >= 0.3 is 0 Å². The van der Waals surface area contributed by atoms with E-state index in [0.717, 1.165) is 11.8 Å². The monoisotopic (exact) mass is 271 g/mol. The summed E-state index contributed by atoms with van der Waals surface area (Å²) in [4.78, 5) is 5.27. The Kier molecular flexibility index (Phi) is 4.32. The van der Waals surface area contributed by atoms with E-state index in [4.69, 9.17) is 5.73 Å². The molecular weight excluding hydrogens is 242 g/mol. The summed E-state index contributed by atoms with van der Waals surface area (Å²) in [7, 11) is 0. The van der Waals surface area contributed by atoms with Gasteiger partial charge in [-0.25, -0.2) is 0 Å². The molecule has 0 aromatic heterocycles.